The number of halogens is 3. The van der Waals surface area contributed by atoms with E-state index in [2.05, 4.69) is 10.6 Å². The van der Waals surface area contributed by atoms with E-state index in [1.807, 2.05) is 0 Å². The molecule has 2 N–H and O–H groups in total. The van der Waals surface area contributed by atoms with Crippen LogP contribution in [0.25, 0.3) is 5.57 Å². The third-order valence-electron chi connectivity index (χ3n) is 4.54. The van der Waals surface area contributed by atoms with Crippen molar-refractivity contribution in [2.75, 3.05) is 16.8 Å². The molecule has 0 atom stereocenters. The Hall–Kier alpha value is -3.18. The molecule has 0 unspecified atom stereocenters. The number of thioether (sulfide) groups is 1. The van der Waals surface area contributed by atoms with Crippen molar-refractivity contribution in [2.24, 2.45) is 0 Å². The Morgan fingerprint density at radius 2 is 1.87 bits per heavy atom. The number of carbonyl (C=O) groups excluding carboxylic acids is 3. The summed E-state index contributed by atoms with van der Waals surface area (Å²) in [6, 6.07) is 10.8. The normalized spacial score (nSPS) is 18.3. The van der Waals surface area contributed by atoms with Gasteiger partial charge in [-0.1, -0.05) is 48.2 Å². The van der Waals surface area contributed by atoms with Crippen molar-refractivity contribution in [1.82, 2.24) is 5.32 Å². The van der Waals surface area contributed by atoms with E-state index in [-0.39, 0.29) is 20.5 Å². The van der Waals surface area contributed by atoms with Crippen LogP contribution in [0.4, 0.5) is 24.5 Å². The molecule has 0 saturated carbocycles. The lowest BCUT2D eigenvalue weighted by Gasteiger charge is -2.17. The summed E-state index contributed by atoms with van der Waals surface area (Å²) in [4.78, 5) is 39.1. The van der Waals surface area contributed by atoms with Gasteiger partial charge in [0.25, 0.3) is 11.8 Å². The minimum atomic E-state index is -4.55. The third-order valence-corrected chi connectivity index (χ3v) is 5.78. The van der Waals surface area contributed by atoms with E-state index in [4.69, 9.17) is 12.2 Å². The Morgan fingerprint density at radius 3 is 2.55 bits per heavy atom. The van der Waals surface area contributed by atoms with Crippen LogP contribution in [0.3, 0.4) is 0 Å². The van der Waals surface area contributed by atoms with Crippen molar-refractivity contribution in [3.63, 3.8) is 0 Å². The van der Waals surface area contributed by atoms with Crippen LogP contribution in [-0.4, -0.2) is 28.6 Å². The highest BCUT2D eigenvalue weighted by molar-refractivity contribution is 8.27. The molecule has 0 radical (unpaired) electrons. The average molecular weight is 463 g/mol. The standard InChI is InChI=1S/C20H12F3N3O3S2/c21-20(22,23)10-4-3-5-11(8-10)24-14(27)9-26-13-7-2-1-6-12(13)15(18(26)29)16-17(28)25-19(30)31-16/h1-8H,9H2,(H,24,27)(H,25,28,30). The summed E-state index contributed by atoms with van der Waals surface area (Å²) in [6.07, 6.45) is -4.55. The first-order valence-corrected chi connectivity index (χ1v) is 10.0. The number of anilines is 2. The second-order valence-electron chi connectivity index (χ2n) is 6.58. The summed E-state index contributed by atoms with van der Waals surface area (Å²) in [5, 5.41) is 4.84. The average Bonchev–Trinajstić information content (AvgIpc) is 3.17. The van der Waals surface area contributed by atoms with Crippen molar-refractivity contribution in [3.8, 4) is 0 Å². The number of fused-ring (bicyclic) bond motifs is 1. The van der Waals surface area contributed by atoms with Gasteiger partial charge in [-0.05, 0) is 24.3 Å². The van der Waals surface area contributed by atoms with Crippen LogP contribution < -0.4 is 15.5 Å². The number of thiocarbonyl (C=S) groups is 1. The zero-order valence-corrected chi connectivity index (χ0v) is 17.1. The van der Waals surface area contributed by atoms with Gasteiger partial charge < -0.3 is 10.6 Å². The molecule has 0 bridgehead atoms. The Labute approximate surface area is 183 Å². The summed E-state index contributed by atoms with van der Waals surface area (Å²) < 4.78 is 38.9. The summed E-state index contributed by atoms with van der Waals surface area (Å²) in [5.41, 5.74) is 0.0708. The van der Waals surface area contributed by atoms with Crippen LogP contribution >= 0.6 is 24.0 Å². The van der Waals surface area contributed by atoms with Gasteiger partial charge in [0.1, 0.15) is 10.9 Å². The first kappa shape index (κ1) is 21.1. The molecule has 158 valence electrons. The highest BCUT2D eigenvalue weighted by Crippen LogP contribution is 2.42. The van der Waals surface area contributed by atoms with Gasteiger partial charge in [-0.25, -0.2) is 0 Å². The van der Waals surface area contributed by atoms with Gasteiger partial charge in [0.05, 0.1) is 21.7 Å². The molecule has 2 aromatic carbocycles. The largest absolute Gasteiger partial charge is 0.416 e. The van der Waals surface area contributed by atoms with Gasteiger partial charge >= 0.3 is 6.18 Å². The number of nitrogens with one attached hydrogen (secondary N) is 2. The molecule has 0 aliphatic carbocycles. The van der Waals surface area contributed by atoms with E-state index in [0.29, 0.717) is 11.3 Å². The maximum atomic E-state index is 13.1. The lowest BCUT2D eigenvalue weighted by atomic mass is 10.1. The number of hydrogen-bond donors (Lipinski definition) is 2. The fraction of sp³-hybridized carbons (Fsp3) is 0.100. The van der Waals surface area contributed by atoms with Crippen molar-refractivity contribution in [1.29, 1.82) is 0 Å². The molecule has 2 aliphatic heterocycles. The number of hydrogen-bond acceptors (Lipinski definition) is 5. The van der Waals surface area contributed by atoms with Gasteiger partial charge in [0, 0.05) is 11.3 Å². The first-order chi connectivity index (χ1) is 14.6. The topological polar surface area (TPSA) is 78.5 Å². The molecule has 11 heteroatoms. The molecule has 2 aromatic rings. The Morgan fingerprint density at radius 1 is 1.13 bits per heavy atom. The summed E-state index contributed by atoms with van der Waals surface area (Å²) in [7, 11) is 0. The molecule has 3 amide bonds. The maximum Gasteiger partial charge on any atom is 0.416 e. The smallest absolute Gasteiger partial charge is 0.325 e. The number of amides is 3. The zero-order valence-electron chi connectivity index (χ0n) is 15.4. The van der Waals surface area contributed by atoms with E-state index < -0.39 is 36.0 Å². The molecular weight excluding hydrogens is 451 g/mol. The molecule has 6 nitrogen and oxygen atoms in total. The SMILES string of the molecule is O=C(CN1C(=O)C(=C2SC(=S)NC2=O)c2ccccc21)Nc1cccc(C(F)(F)F)c1. The Kier molecular flexibility index (Phi) is 5.31. The van der Waals surface area contributed by atoms with Crippen LogP contribution in [0, 0.1) is 0 Å². The minimum absolute atomic E-state index is 0.0468. The first-order valence-electron chi connectivity index (χ1n) is 8.81. The van der Waals surface area contributed by atoms with E-state index >= 15 is 0 Å². The van der Waals surface area contributed by atoms with Crippen LogP contribution in [0.2, 0.25) is 0 Å². The molecule has 4 rings (SSSR count). The Bertz CT molecular complexity index is 1180. The highest BCUT2D eigenvalue weighted by Gasteiger charge is 2.39. The number of para-hydroxylation sites is 1. The number of alkyl halides is 3. The summed E-state index contributed by atoms with van der Waals surface area (Å²) in [5.74, 6) is -1.75. The maximum absolute atomic E-state index is 13.1. The summed E-state index contributed by atoms with van der Waals surface area (Å²) >= 11 is 5.94. The minimum Gasteiger partial charge on any atom is -0.325 e. The molecular formula is C20H12F3N3O3S2. The van der Waals surface area contributed by atoms with E-state index in [1.54, 1.807) is 24.3 Å². The number of nitrogens with zero attached hydrogens (tertiary/aromatic N) is 1. The van der Waals surface area contributed by atoms with Crippen LogP contribution in [0.15, 0.2) is 53.4 Å². The molecule has 0 aromatic heterocycles. The molecule has 1 saturated heterocycles. The van der Waals surface area contributed by atoms with E-state index in [9.17, 15) is 27.6 Å². The predicted octanol–water partition coefficient (Wildman–Crippen LogP) is 3.55. The van der Waals surface area contributed by atoms with Crippen LogP contribution in [0.1, 0.15) is 11.1 Å². The van der Waals surface area contributed by atoms with Gasteiger partial charge in [0.15, 0.2) is 0 Å². The molecule has 2 aliphatic rings. The lowest BCUT2D eigenvalue weighted by molar-refractivity contribution is -0.137. The molecule has 31 heavy (non-hydrogen) atoms. The van der Waals surface area contributed by atoms with Gasteiger partial charge in [-0.15, -0.1) is 0 Å². The monoisotopic (exact) mass is 463 g/mol. The van der Waals surface area contributed by atoms with E-state index in [1.165, 1.54) is 17.0 Å². The second-order valence-corrected chi connectivity index (χ2v) is 8.27. The second kappa shape index (κ2) is 7.82. The Balaban J connectivity index is 1.60. The number of rotatable bonds is 3. The number of carbonyl (C=O) groups is 3. The van der Waals surface area contributed by atoms with Crippen molar-refractivity contribution < 1.29 is 27.6 Å². The fourth-order valence-electron chi connectivity index (χ4n) is 3.25. The molecule has 1 fully saturated rings. The highest BCUT2D eigenvalue weighted by atomic mass is 32.2. The number of benzene rings is 2. The fourth-order valence-corrected chi connectivity index (χ4v) is 4.37. The van der Waals surface area contributed by atoms with Gasteiger partial charge in [-0.3, -0.25) is 19.3 Å². The third kappa shape index (κ3) is 4.06. The molecule has 2 heterocycles. The quantitative estimate of drug-likeness (QED) is 0.538. The van der Waals surface area contributed by atoms with Gasteiger partial charge in [-0.2, -0.15) is 13.2 Å². The molecule has 0 spiro atoms. The van der Waals surface area contributed by atoms with Gasteiger partial charge in [0.2, 0.25) is 5.91 Å². The lowest BCUT2D eigenvalue weighted by Crippen LogP contribution is -2.35. The van der Waals surface area contributed by atoms with Crippen molar-refractivity contribution >= 4 is 63.0 Å². The van der Waals surface area contributed by atoms with Crippen LogP contribution in [-0.2, 0) is 20.6 Å². The predicted molar refractivity (Wildman–Crippen MR) is 114 cm³/mol. The summed E-state index contributed by atoms with van der Waals surface area (Å²) in [6.45, 7) is -0.445. The van der Waals surface area contributed by atoms with E-state index in [0.717, 1.165) is 23.9 Å². The van der Waals surface area contributed by atoms with Crippen molar-refractivity contribution in [2.45, 2.75) is 6.18 Å². The van der Waals surface area contributed by atoms with Crippen molar-refractivity contribution in [3.05, 3.63) is 64.6 Å². The zero-order chi connectivity index (χ0) is 22.3. The van der Waals surface area contributed by atoms with Crippen LogP contribution in [0.5, 0.6) is 0 Å².